The first-order chi connectivity index (χ1) is 11.0. The molecule has 0 spiro atoms. The summed E-state index contributed by atoms with van der Waals surface area (Å²) >= 11 is 0. The quantitative estimate of drug-likeness (QED) is 0.883. The minimum atomic E-state index is -0.255. The van der Waals surface area contributed by atoms with Crippen molar-refractivity contribution in [2.75, 3.05) is 6.54 Å². The molecular weight excluding hydrogens is 294 g/mol. The molecule has 2 aromatic rings. The summed E-state index contributed by atoms with van der Waals surface area (Å²) in [6.45, 7) is 3.87. The number of H-pyrrole nitrogens is 1. The van der Waals surface area contributed by atoms with Crippen LogP contribution in [0.1, 0.15) is 22.6 Å². The van der Waals surface area contributed by atoms with Crippen molar-refractivity contribution in [3.05, 3.63) is 57.3 Å². The summed E-state index contributed by atoms with van der Waals surface area (Å²) in [6, 6.07) is 7.86. The zero-order chi connectivity index (χ0) is 16.4. The first kappa shape index (κ1) is 15.3. The largest absolute Gasteiger partial charge is 0.488 e. The molecule has 1 aliphatic heterocycles. The Kier molecular flexibility index (Phi) is 4.14. The number of nitrogens with zero attached hydrogens (tertiary/aromatic N) is 1. The third-order valence-corrected chi connectivity index (χ3v) is 3.92. The van der Waals surface area contributed by atoms with Crippen LogP contribution in [0.4, 0.5) is 0 Å². The Bertz CT molecular complexity index is 773. The van der Waals surface area contributed by atoms with E-state index in [-0.39, 0.29) is 24.0 Å². The van der Waals surface area contributed by atoms with Gasteiger partial charge in [0.15, 0.2) is 0 Å². The van der Waals surface area contributed by atoms with Crippen molar-refractivity contribution < 1.29 is 9.53 Å². The van der Waals surface area contributed by atoms with Crippen LogP contribution in [0.3, 0.4) is 0 Å². The Hall–Kier alpha value is -2.63. The Morgan fingerprint density at radius 2 is 2.17 bits per heavy atom. The molecule has 3 rings (SSSR count). The van der Waals surface area contributed by atoms with E-state index in [4.69, 9.17) is 4.74 Å². The second-order valence-corrected chi connectivity index (χ2v) is 5.75. The molecule has 0 bridgehead atoms. The number of carbonyl (C=O) groups is 1. The normalized spacial score (nSPS) is 15.8. The summed E-state index contributed by atoms with van der Waals surface area (Å²) in [5, 5.41) is 2.83. The molecule has 1 aliphatic rings. The number of hydrogen-bond acceptors (Lipinski definition) is 4. The van der Waals surface area contributed by atoms with E-state index in [9.17, 15) is 9.59 Å². The molecule has 23 heavy (non-hydrogen) atoms. The van der Waals surface area contributed by atoms with Gasteiger partial charge in [0.25, 0.3) is 5.56 Å². The number of aromatic nitrogens is 2. The second-order valence-electron chi connectivity index (χ2n) is 5.75. The number of benzene rings is 1. The number of nitrogens with one attached hydrogen (secondary N) is 2. The van der Waals surface area contributed by atoms with Crippen LogP contribution < -0.4 is 15.6 Å². The monoisotopic (exact) mass is 313 g/mol. The van der Waals surface area contributed by atoms with E-state index in [1.165, 1.54) is 0 Å². The minimum absolute atomic E-state index is 0.0219. The van der Waals surface area contributed by atoms with Crippen molar-refractivity contribution in [3.8, 4) is 5.75 Å². The highest BCUT2D eigenvalue weighted by molar-refractivity contribution is 5.78. The van der Waals surface area contributed by atoms with Gasteiger partial charge in [0.2, 0.25) is 5.91 Å². The fraction of sp³-hybridized carbons (Fsp3) is 0.353. The molecule has 0 saturated heterocycles. The Morgan fingerprint density at radius 1 is 1.39 bits per heavy atom. The summed E-state index contributed by atoms with van der Waals surface area (Å²) in [6.07, 6.45) is 0.739. The van der Waals surface area contributed by atoms with Crippen molar-refractivity contribution in [1.29, 1.82) is 0 Å². The first-order valence-corrected chi connectivity index (χ1v) is 7.60. The lowest BCUT2D eigenvalue weighted by Gasteiger charge is -2.12. The predicted molar refractivity (Wildman–Crippen MR) is 85.6 cm³/mol. The number of para-hydroxylation sites is 1. The van der Waals surface area contributed by atoms with Crippen LogP contribution >= 0.6 is 0 Å². The molecule has 0 fully saturated rings. The molecule has 1 amide bonds. The summed E-state index contributed by atoms with van der Waals surface area (Å²) in [7, 11) is 0. The standard InChI is InChI=1S/C17H19N3O3/c1-10-14(17(22)20-11(2)19-10)8-16(21)18-9-13-7-12-5-3-4-6-15(12)23-13/h3-6,13H,7-9H2,1-2H3,(H,18,21)(H,19,20,22)/t13-/m0/s1. The lowest BCUT2D eigenvalue weighted by molar-refractivity contribution is -0.120. The van der Waals surface area contributed by atoms with E-state index >= 15 is 0 Å². The number of amides is 1. The van der Waals surface area contributed by atoms with Gasteiger partial charge in [0, 0.05) is 17.7 Å². The van der Waals surface area contributed by atoms with E-state index in [1.807, 2.05) is 24.3 Å². The fourth-order valence-electron chi connectivity index (χ4n) is 2.78. The minimum Gasteiger partial charge on any atom is -0.488 e. The number of hydrogen-bond donors (Lipinski definition) is 2. The number of aromatic amines is 1. The van der Waals surface area contributed by atoms with Crippen molar-refractivity contribution in [3.63, 3.8) is 0 Å². The summed E-state index contributed by atoms with van der Waals surface area (Å²) in [4.78, 5) is 30.8. The molecule has 6 nitrogen and oxygen atoms in total. The summed E-state index contributed by atoms with van der Waals surface area (Å²) in [5.41, 5.74) is 1.89. The van der Waals surface area contributed by atoms with E-state index < -0.39 is 0 Å². The van der Waals surface area contributed by atoms with E-state index in [0.717, 1.165) is 17.7 Å². The van der Waals surface area contributed by atoms with E-state index in [0.29, 0.717) is 23.6 Å². The van der Waals surface area contributed by atoms with Gasteiger partial charge in [-0.2, -0.15) is 0 Å². The van der Waals surface area contributed by atoms with E-state index in [1.54, 1.807) is 13.8 Å². The van der Waals surface area contributed by atoms with Crippen LogP contribution in [0.2, 0.25) is 0 Å². The second kappa shape index (κ2) is 6.24. The number of aryl methyl sites for hydroxylation is 2. The molecule has 0 aliphatic carbocycles. The first-order valence-electron chi connectivity index (χ1n) is 7.60. The average molecular weight is 313 g/mol. The van der Waals surface area contributed by atoms with Crippen molar-refractivity contribution in [1.82, 2.24) is 15.3 Å². The molecular formula is C17H19N3O3. The molecule has 0 saturated carbocycles. The summed E-state index contributed by atoms with van der Waals surface area (Å²) < 4.78 is 5.78. The highest BCUT2D eigenvalue weighted by Gasteiger charge is 2.23. The highest BCUT2D eigenvalue weighted by Crippen LogP contribution is 2.27. The Labute approximate surface area is 133 Å². The molecule has 2 heterocycles. The van der Waals surface area contributed by atoms with Gasteiger partial charge in [0.05, 0.1) is 13.0 Å². The smallest absolute Gasteiger partial charge is 0.254 e. The topological polar surface area (TPSA) is 84.1 Å². The zero-order valence-corrected chi connectivity index (χ0v) is 13.2. The Morgan fingerprint density at radius 3 is 2.91 bits per heavy atom. The Balaban J connectivity index is 1.56. The molecule has 120 valence electrons. The third-order valence-electron chi connectivity index (χ3n) is 3.92. The fourth-order valence-corrected chi connectivity index (χ4v) is 2.78. The molecule has 2 N–H and O–H groups in total. The van der Waals surface area contributed by atoms with E-state index in [2.05, 4.69) is 15.3 Å². The maximum atomic E-state index is 12.1. The number of ether oxygens (including phenoxy) is 1. The SMILES string of the molecule is Cc1nc(C)c(CC(=O)NC[C@@H]2Cc3ccccc3O2)c(=O)[nH]1. The molecule has 0 unspecified atom stereocenters. The molecule has 1 aromatic heterocycles. The van der Waals surface area contributed by atoms with Crippen LogP contribution in [0.25, 0.3) is 0 Å². The maximum Gasteiger partial charge on any atom is 0.254 e. The molecule has 6 heteroatoms. The zero-order valence-electron chi connectivity index (χ0n) is 13.2. The average Bonchev–Trinajstić information content (AvgIpc) is 2.91. The highest BCUT2D eigenvalue weighted by atomic mass is 16.5. The lowest BCUT2D eigenvalue weighted by Crippen LogP contribution is -2.36. The molecule has 1 aromatic carbocycles. The molecule has 1 atom stereocenters. The van der Waals surface area contributed by atoms with Gasteiger partial charge in [-0.05, 0) is 25.5 Å². The van der Waals surface area contributed by atoms with Gasteiger partial charge in [-0.1, -0.05) is 18.2 Å². The summed E-state index contributed by atoms with van der Waals surface area (Å²) in [5.74, 6) is 1.22. The van der Waals surface area contributed by atoms with Crippen LogP contribution in [0.15, 0.2) is 29.1 Å². The van der Waals surface area contributed by atoms with Gasteiger partial charge in [-0.15, -0.1) is 0 Å². The van der Waals surface area contributed by atoms with Crippen molar-refractivity contribution >= 4 is 5.91 Å². The van der Waals surface area contributed by atoms with Crippen LogP contribution in [0.5, 0.6) is 5.75 Å². The van der Waals surface area contributed by atoms with Crippen molar-refractivity contribution in [2.45, 2.75) is 32.8 Å². The van der Waals surface area contributed by atoms with Crippen LogP contribution in [-0.4, -0.2) is 28.5 Å². The molecule has 0 radical (unpaired) electrons. The van der Waals surface area contributed by atoms with Gasteiger partial charge in [-0.25, -0.2) is 4.98 Å². The maximum absolute atomic E-state index is 12.1. The number of carbonyl (C=O) groups excluding carboxylic acids is 1. The van der Waals surface area contributed by atoms with Crippen molar-refractivity contribution in [2.24, 2.45) is 0 Å². The predicted octanol–water partition coefficient (Wildman–Crippen LogP) is 1.05. The van der Waals surface area contributed by atoms with Gasteiger partial charge in [0.1, 0.15) is 17.7 Å². The van der Waals surface area contributed by atoms with Crippen LogP contribution in [-0.2, 0) is 17.6 Å². The van der Waals surface area contributed by atoms with Gasteiger partial charge in [-0.3, -0.25) is 9.59 Å². The third kappa shape index (κ3) is 3.41. The van der Waals surface area contributed by atoms with Gasteiger partial charge < -0.3 is 15.0 Å². The number of fused-ring (bicyclic) bond motifs is 1. The lowest BCUT2D eigenvalue weighted by atomic mass is 10.1. The van der Waals surface area contributed by atoms with Gasteiger partial charge >= 0.3 is 0 Å². The number of rotatable bonds is 4. The van der Waals surface area contributed by atoms with Crippen LogP contribution in [0, 0.1) is 13.8 Å².